The second-order valence-corrected chi connectivity index (χ2v) is 27.3. The largest absolute Gasteiger partial charge is 0.390 e. The Morgan fingerprint density at radius 1 is 0.528 bits per heavy atom. The number of ether oxygens (including phenoxy) is 1. The molecule has 24 heteroatoms. The highest BCUT2D eigenvalue weighted by Crippen LogP contribution is 2.34. The van der Waals surface area contributed by atoms with Crippen LogP contribution in [-0.2, 0) is 57.5 Å². The molecule has 0 aromatic heterocycles. The van der Waals surface area contributed by atoms with Crippen molar-refractivity contribution < 1.29 is 62.6 Å². The summed E-state index contributed by atoms with van der Waals surface area (Å²) >= 11 is 0. The molecule has 11 amide bonds. The van der Waals surface area contributed by atoms with Crippen LogP contribution in [0.4, 0.5) is 0 Å². The zero-order chi connectivity index (χ0) is 69.2. The molecule has 0 spiro atoms. The summed E-state index contributed by atoms with van der Waals surface area (Å²) in [5.74, 6) is -10.6. The highest BCUT2D eigenvalue weighted by atomic mass is 16.5. The molecule has 89 heavy (non-hydrogen) atoms. The number of hydrogen-bond donors (Lipinski definition) is 5. The van der Waals surface area contributed by atoms with E-state index in [1.54, 1.807) is 74.5 Å². The third-order valence-corrected chi connectivity index (χ3v) is 16.7. The highest BCUT2D eigenvalue weighted by Gasteiger charge is 2.55. The van der Waals surface area contributed by atoms with E-state index >= 15 is 19.2 Å². The maximum absolute atomic E-state index is 15.9. The number of nitrogens with zero attached hydrogens (tertiary/aromatic N) is 7. The van der Waals surface area contributed by atoms with Gasteiger partial charge in [-0.05, 0) is 109 Å². The topological polar surface area (TPSA) is 288 Å². The van der Waals surface area contributed by atoms with Crippen molar-refractivity contribution in [1.29, 1.82) is 0 Å². The summed E-state index contributed by atoms with van der Waals surface area (Å²) in [6.45, 7) is 32.4. The van der Waals surface area contributed by atoms with Gasteiger partial charge in [0.1, 0.15) is 54.4 Å². The van der Waals surface area contributed by atoms with Crippen molar-refractivity contribution in [1.82, 2.24) is 55.6 Å². The van der Waals surface area contributed by atoms with Crippen LogP contribution in [0.5, 0.6) is 0 Å². The molecule has 12 atom stereocenters. The average molecular weight is 1260 g/mol. The van der Waals surface area contributed by atoms with Crippen LogP contribution in [0, 0.1) is 41.4 Å². The van der Waals surface area contributed by atoms with Crippen molar-refractivity contribution in [2.45, 2.75) is 242 Å². The molecule has 0 saturated carbocycles. The van der Waals surface area contributed by atoms with Crippen LogP contribution >= 0.6 is 0 Å². The minimum absolute atomic E-state index is 0.00712. The predicted octanol–water partition coefficient (Wildman–Crippen LogP) is 4.02. The van der Waals surface area contributed by atoms with E-state index in [-0.39, 0.29) is 62.2 Å². The number of carbonyl (C=O) groups is 11. The molecule has 1 heterocycles. The Labute approximate surface area is 533 Å². The van der Waals surface area contributed by atoms with Crippen molar-refractivity contribution in [2.75, 3.05) is 55.9 Å². The summed E-state index contributed by atoms with van der Waals surface area (Å²) in [5, 5.41) is 23.3. The fourth-order valence-corrected chi connectivity index (χ4v) is 11.2. The molecule has 510 valence electrons. The molecular weight excluding hydrogens is 1140 g/mol. The number of rotatable bonds is 17. The summed E-state index contributed by atoms with van der Waals surface area (Å²) in [4.78, 5) is 171. The van der Waals surface area contributed by atoms with Crippen LogP contribution in [-0.4, -0.2) is 233 Å². The van der Waals surface area contributed by atoms with E-state index in [1.807, 2.05) is 55.4 Å². The summed E-state index contributed by atoms with van der Waals surface area (Å²) < 4.78 is 6.65. The lowest BCUT2D eigenvalue weighted by Gasteiger charge is -2.49. The second kappa shape index (κ2) is 36.0. The van der Waals surface area contributed by atoms with Gasteiger partial charge in [-0.1, -0.05) is 109 Å². The number of amides is 11. The molecule has 1 saturated heterocycles. The van der Waals surface area contributed by atoms with Gasteiger partial charge >= 0.3 is 0 Å². The number of aliphatic hydroxyl groups is 1. The average Bonchev–Trinajstić information content (AvgIpc) is 0.776. The van der Waals surface area contributed by atoms with E-state index in [1.165, 1.54) is 82.8 Å². The van der Waals surface area contributed by atoms with Crippen molar-refractivity contribution in [3.05, 3.63) is 12.2 Å². The summed E-state index contributed by atoms with van der Waals surface area (Å²) in [6, 6.07) is -11.5. The molecule has 1 fully saturated rings. The first-order chi connectivity index (χ1) is 41.0. The summed E-state index contributed by atoms with van der Waals surface area (Å²) in [6.07, 6.45) is 2.03. The van der Waals surface area contributed by atoms with Gasteiger partial charge in [0, 0.05) is 55.3 Å². The van der Waals surface area contributed by atoms with Crippen molar-refractivity contribution >= 4 is 65.0 Å². The first-order valence-electron chi connectivity index (χ1n) is 32.0. The SMILES string of the molecule is C/C=C/C[C@@H](C)[C@@H](O)[C@H]1C(=O)N[C@@H](CC)C(=O)N(C)CC(=O)N(C)[C@@H](CC(C)C)C(=O)N[C@@H](C(C)C)C(=O)N(C)[C@@H](CC(C)C)C(=O)N[C@@H](C)C(=O)N[C@H](C)C(=O)N(C)[C@@H](CC(C)C)C(=O)N(C)[C@@H](CC(C)C)C(=O)N(C)[C@](OC(C)C)(C(C)C)C(=O)N1C. The number of allylic oxidation sites excluding steroid dienone is 2. The lowest BCUT2D eigenvalue weighted by atomic mass is 9.89. The maximum atomic E-state index is 15.9. The van der Waals surface area contributed by atoms with Gasteiger partial charge in [0.05, 0.1) is 18.8 Å². The summed E-state index contributed by atoms with van der Waals surface area (Å²) in [7, 11) is 9.78. The molecule has 0 radical (unpaired) electrons. The summed E-state index contributed by atoms with van der Waals surface area (Å²) in [5.41, 5.74) is -2.22. The zero-order valence-corrected chi connectivity index (χ0v) is 59.0. The van der Waals surface area contributed by atoms with Gasteiger partial charge < -0.3 is 65.4 Å². The third-order valence-electron chi connectivity index (χ3n) is 16.7. The van der Waals surface area contributed by atoms with Crippen LogP contribution in [0.25, 0.3) is 0 Å². The minimum Gasteiger partial charge on any atom is -0.390 e. The molecule has 24 nitrogen and oxygen atoms in total. The van der Waals surface area contributed by atoms with Gasteiger partial charge in [-0.2, -0.15) is 0 Å². The fraction of sp³-hybridized carbons (Fsp3) is 0.800. The molecule has 0 aliphatic carbocycles. The predicted molar refractivity (Wildman–Crippen MR) is 344 cm³/mol. The number of carbonyl (C=O) groups excluding carboxylic acids is 11. The van der Waals surface area contributed by atoms with Crippen LogP contribution in [0.15, 0.2) is 12.2 Å². The van der Waals surface area contributed by atoms with Crippen LogP contribution < -0.4 is 21.3 Å². The standard InChI is InChI=1S/C65H117N11O13/c1-27-29-30-43(17)54(78)53-58(82)68-46(28-2)60(84)70(20)35-51(77)71(21)47(31-36(3)4)57(81)69-52(40(11)12)63(87)72(22)48(32-37(5)6)56(80)66-44(18)55(79)67-45(19)59(83)73(23)49(33-38(7)8)61(85)74(24)50(34-39(9)10)62(86)76(26)65(41(13)14,89-42(15)16)64(88)75(53)25/h27,29,36-50,52-54,78H,28,30-35H2,1-26H3,(H,66,80)(H,67,79)(H,68,82)(H,69,81)/b29-27+/t43-,44+,45-,46+,47+,48+,49+,50+,52+,53+,54-,65+/m1/s1. The van der Waals surface area contributed by atoms with Crippen LogP contribution in [0.2, 0.25) is 0 Å². The van der Waals surface area contributed by atoms with Crippen LogP contribution in [0.1, 0.15) is 170 Å². The van der Waals surface area contributed by atoms with Gasteiger partial charge in [-0.3, -0.25) is 52.7 Å². The normalized spacial score (nSPS) is 27.1. The number of aliphatic hydroxyl groups excluding tert-OH is 1. The number of likely N-dealkylation sites (N-methyl/N-ethyl adjacent to an activating group) is 7. The van der Waals surface area contributed by atoms with E-state index in [4.69, 9.17) is 4.74 Å². The van der Waals surface area contributed by atoms with Crippen molar-refractivity contribution in [2.24, 2.45) is 41.4 Å². The molecule has 1 aliphatic rings. The molecule has 5 N–H and O–H groups in total. The molecule has 0 bridgehead atoms. The number of hydrogen-bond acceptors (Lipinski definition) is 13. The lowest BCUT2D eigenvalue weighted by Crippen LogP contribution is -2.70. The van der Waals surface area contributed by atoms with E-state index in [0.29, 0.717) is 0 Å². The van der Waals surface area contributed by atoms with E-state index in [2.05, 4.69) is 21.3 Å². The fourth-order valence-electron chi connectivity index (χ4n) is 11.2. The van der Waals surface area contributed by atoms with Gasteiger partial charge in [0.25, 0.3) is 5.91 Å². The number of nitrogens with one attached hydrogen (secondary N) is 4. The van der Waals surface area contributed by atoms with E-state index < -0.39 is 162 Å². The van der Waals surface area contributed by atoms with Crippen LogP contribution in [0.3, 0.4) is 0 Å². The third kappa shape index (κ3) is 21.8. The lowest BCUT2D eigenvalue weighted by molar-refractivity contribution is -0.217. The van der Waals surface area contributed by atoms with Crippen molar-refractivity contribution in [3.63, 3.8) is 0 Å². The second-order valence-electron chi connectivity index (χ2n) is 27.3. The molecule has 0 aromatic rings. The van der Waals surface area contributed by atoms with Gasteiger partial charge in [0.2, 0.25) is 64.8 Å². The van der Waals surface area contributed by atoms with Crippen molar-refractivity contribution in [3.8, 4) is 0 Å². The maximum Gasteiger partial charge on any atom is 0.276 e. The van der Waals surface area contributed by atoms with Gasteiger partial charge in [-0.15, -0.1) is 0 Å². The first-order valence-corrected chi connectivity index (χ1v) is 32.0. The zero-order valence-electron chi connectivity index (χ0n) is 59.0. The monoisotopic (exact) mass is 1260 g/mol. The molecular formula is C65H117N11O13. The van der Waals surface area contributed by atoms with Gasteiger partial charge in [0.15, 0.2) is 0 Å². The molecule has 0 aromatic carbocycles. The Bertz CT molecular complexity index is 2450. The Morgan fingerprint density at radius 3 is 1.42 bits per heavy atom. The minimum atomic E-state index is -2.22. The molecule has 0 unspecified atom stereocenters. The molecule has 1 rings (SSSR count). The smallest absolute Gasteiger partial charge is 0.276 e. The van der Waals surface area contributed by atoms with Gasteiger partial charge in [-0.25, -0.2) is 0 Å². The van der Waals surface area contributed by atoms with E-state index in [0.717, 1.165) is 14.7 Å². The quantitative estimate of drug-likeness (QED) is 0.129. The highest BCUT2D eigenvalue weighted by molar-refractivity contribution is 6.00. The first kappa shape index (κ1) is 80.8. The molecule has 1 aliphatic heterocycles. The Balaban J connectivity index is 4.51. The Hall–Kier alpha value is -6.17. The Morgan fingerprint density at radius 2 is 0.966 bits per heavy atom. The van der Waals surface area contributed by atoms with E-state index in [9.17, 15) is 38.7 Å². The Kier molecular flexibility index (Phi) is 32.7.